The summed E-state index contributed by atoms with van der Waals surface area (Å²) in [5, 5.41) is -0.195. The molecule has 1 amide bonds. The van der Waals surface area contributed by atoms with E-state index in [0.29, 0.717) is 24.1 Å². The Morgan fingerprint density at radius 2 is 1.81 bits per heavy atom. The monoisotopic (exact) mass is 634 g/mol. The van der Waals surface area contributed by atoms with E-state index in [2.05, 4.69) is 9.71 Å². The zero-order valence-electron chi connectivity index (χ0n) is 22.4. The summed E-state index contributed by atoms with van der Waals surface area (Å²) in [6.45, 7) is 1.84. The first-order valence-corrected chi connectivity index (χ1v) is 15.3. The van der Waals surface area contributed by atoms with Crippen LogP contribution in [0.2, 0.25) is 0 Å². The Labute approximate surface area is 244 Å². The van der Waals surface area contributed by atoms with Crippen LogP contribution >= 0.6 is 11.3 Å². The number of hydrogen-bond acceptors (Lipinski definition) is 5. The number of ether oxygens (including phenoxy) is 1. The molecule has 14 heteroatoms. The van der Waals surface area contributed by atoms with Gasteiger partial charge in [-0.3, -0.25) is 9.59 Å². The van der Waals surface area contributed by atoms with E-state index in [1.165, 1.54) is 23.5 Å². The van der Waals surface area contributed by atoms with Crippen LogP contribution in [0.1, 0.15) is 66.2 Å². The number of H-pyrrole nitrogens is 1. The van der Waals surface area contributed by atoms with Crippen molar-refractivity contribution in [2.45, 2.75) is 69.5 Å². The Bertz CT molecular complexity index is 1460. The number of pyridine rings is 1. The van der Waals surface area contributed by atoms with Gasteiger partial charge in [0, 0.05) is 45.8 Å². The molecule has 228 valence electrons. The Kier molecular flexibility index (Phi) is 9.99. The molecular formula is C28H28F6N2O4S2. The van der Waals surface area contributed by atoms with Gasteiger partial charge in [0.05, 0.1) is 23.5 Å². The summed E-state index contributed by atoms with van der Waals surface area (Å²) in [5.41, 5.74) is -2.84. The third kappa shape index (κ3) is 8.32. The van der Waals surface area contributed by atoms with E-state index in [1.54, 1.807) is 12.1 Å². The fourth-order valence-corrected chi connectivity index (χ4v) is 6.21. The molecule has 1 atom stereocenters. The van der Waals surface area contributed by atoms with Gasteiger partial charge in [0.15, 0.2) is 0 Å². The summed E-state index contributed by atoms with van der Waals surface area (Å²) in [5.74, 6) is -1.02. The van der Waals surface area contributed by atoms with Gasteiger partial charge in [0.25, 0.3) is 11.5 Å². The minimum atomic E-state index is -4.85. The number of unbranched alkanes of at least 4 members (excludes halogenated alkanes) is 2. The van der Waals surface area contributed by atoms with E-state index < -0.39 is 47.2 Å². The molecule has 6 nitrogen and oxygen atoms in total. The lowest BCUT2D eigenvalue weighted by Gasteiger charge is -2.17. The molecule has 1 aliphatic carbocycles. The molecule has 1 aromatic carbocycles. The van der Waals surface area contributed by atoms with E-state index in [-0.39, 0.29) is 59.3 Å². The van der Waals surface area contributed by atoms with Crippen LogP contribution in [0.5, 0.6) is 5.75 Å². The number of aromatic amines is 1. The largest absolute Gasteiger partial charge is 0.593 e. The molecule has 4 rings (SSSR count). The van der Waals surface area contributed by atoms with Gasteiger partial charge in [-0.05, 0) is 62.1 Å². The Balaban J connectivity index is 1.65. The van der Waals surface area contributed by atoms with Crippen LogP contribution in [0.3, 0.4) is 0 Å². The highest BCUT2D eigenvalue weighted by Gasteiger charge is 2.38. The smallest absolute Gasteiger partial charge is 0.417 e. The van der Waals surface area contributed by atoms with Crippen molar-refractivity contribution in [1.29, 1.82) is 0 Å². The predicted octanol–water partition coefficient (Wildman–Crippen LogP) is 7.41. The molecule has 0 bridgehead atoms. The number of carbonyl (C=O) groups excluding carboxylic acids is 1. The Morgan fingerprint density at radius 1 is 1.07 bits per heavy atom. The number of benzene rings is 1. The predicted molar refractivity (Wildman–Crippen MR) is 149 cm³/mol. The standard InChI is InChI=1S/C28H28F6N2O4S2/c1-2-17-7-11-23(41-17)20-15-22(35-25(37)24(20)26(38)36-42(39)18-8-9-18)19-10-6-16(14-21(19)28(32,33)34)40-13-5-3-4-12-27(29,30)31/h6-7,10-11,14-15,18H,2-5,8-9,12-13H2,1H3,(H,35,37)(H,36,38). The molecule has 2 aromatic heterocycles. The summed E-state index contributed by atoms with van der Waals surface area (Å²) in [4.78, 5) is 30.1. The van der Waals surface area contributed by atoms with Gasteiger partial charge in [-0.15, -0.1) is 11.3 Å². The highest BCUT2D eigenvalue weighted by Crippen LogP contribution is 2.40. The van der Waals surface area contributed by atoms with Crippen molar-refractivity contribution in [2.75, 3.05) is 6.61 Å². The SMILES string of the molecule is CCc1ccc(-c2cc(-c3ccc(OCCCCCC(F)(F)F)cc3C(F)(F)F)[nH]c(=O)c2C(=O)N[S+]([O-])C2CC2)s1. The lowest BCUT2D eigenvalue weighted by atomic mass is 9.99. The summed E-state index contributed by atoms with van der Waals surface area (Å²) in [7, 11) is 0. The minimum absolute atomic E-state index is 0.0698. The molecular weight excluding hydrogens is 606 g/mol. The zero-order chi connectivity index (χ0) is 30.7. The maximum absolute atomic E-state index is 14.2. The number of carbonyl (C=O) groups is 1. The summed E-state index contributed by atoms with van der Waals surface area (Å²) < 4.78 is 99.4. The van der Waals surface area contributed by atoms with Crippen LogP contribution in [0, 0.1) is 0 Å². The van der Waals surface area contributed by atoms with E-state index >= 15 is 0 Å². The molecule has 1 aliphatic rings. The summed E-state index contributed by atoms with van der Waals surface area (Å²) in [6.07, 6.45) is -7.72. The number of aromatic nitrogens is 1. The maximum atomic E-state index is 14.2. The van der Waals surface area contributed by atoms with E-state index in [9.17, 15) is 40.5 Å². The quantitative estimate of drug-likeness (QED) is 0.123. The van der Waals surface area contributed by atoms with Crippen LogP contribution < -0.4 is 15.0 Å². The third-order valence-corrected chi connectivity index (χ3v) is 9.24. The van der Waals surface area contributed by atoms with Crippen LogP contribution in [-0.4, -0.2) is 33.5 Å². The number of rotatable bonds is 12. The van der Waals surface area contributed by atoms with Crippen LogP contribution in [0.4, 0.5) is 26.3 Å². The van der Waals surface area contributed by atoms with Gasteiger partial charge in [0.1, 0.15) is 16.6 Å². The van der Waals surface area contributed by atoms with Gasteiger partial charge in [-0.1, -0.05) is 6.92 Å². The van der Waals surface area contributed by atoms with Gasteiger partial charge in [-0.25, -0.2) is 0 Å². The molecule has 0 saturated heterocycles. The van der Waals surface area contributed by atoms with Gasteiger partial charge in [-0.2, -0.15) is 31.1 Å². The molecule has 0 radical (unpaired) electrons. The zero-order valence-corrected chi connectivity index (χ0v) is 24.0. The Morgan fingerprint density at radius 3 is 2.43 bits per heavy atom. The molecule has 1 unspecified atom stereocenters. The van der Waals surface area contributed by atoms with Gasteiger partial charge in [0.2, 0.25) is 0 Å². The highest BCUT2D eigenvalue weighted by atomic mass is 32.2. The normalized spacial score (nSPS) is 14.6. The third-order valence-electron chi connectivity index (χ3n) is 6.52. The number of amides is 1. The van der Waals surface area contributed by atoms with Crippen molar-refractivity contribution in [2.24, 2.45) is 0 Å². The Hall–Kier alpha value is -2.97. The molecule has 1 fully saturated rings. The van der Waals surface area contributed by atoms with E-state index in [4.69, 9.17) is 4.74 Å². The fraction of sp³-hybridized carbons (Fsp3) is 0.429. The van der Waals surface area contributed by atoms with Crippen molar-refractivity contribution in [3.05, 3.63) is 62.8 Å². The lowest BCUT2D eigenvalue weighted by Crippen LogP contribution is -2.37. The van der Waals surface area contributed by atoms with Gasteiger partial charge < -0.3 is 14.3 Å². The number of alkyl halides is 6. The van der Waals surface area contributed by atoms with Crippen molar-refractivity contribution in [3.8, 4) is 27.4 Å². The van der Waals surface area contributed by atoms with E-state index in [0.717, 1.165) is 17.0 Å². The van der Waals surface area contributed by atoms with Crippen molar-refractivity contribution >= 4 is 28.6 Å². The first kappa shape index (κ1) is 32.0. The van der Waals surface area contributed by atoms with Crippen LogP contribution in [0.15, 0.2) is 41.2 Å². The van der Waals surface area contributed by atoms with Crippen molar-refractivity contribution < 1.29 is 40.4 Å². The second-order valence-corrected chi connectivity index (χ2v) is 12.5. The maximum Gasteiger partial charge on any atom is 0.417 e. The first-order chi connectivity index (χ1) is 19.8. The van der Waals surface area contributed by atoms with Crippen molar-refractivity contribution in [1.82, 2.24) is 9.71 Å². The molecule has 3 aromatic rings. The molecule has 1 saturated carbocycles. The average molecular weight is 635 g/mol. The second kappa shape index (κ2) is 13.1. The lowest BCUT2D eigenvalue weighted by molar-refractivity contribution is -0.137. The molecule has 2 N–H and O–H groups in total. The van der Waals surface area contributed by atoms with Crippen LogP contribution in [-0.2, 0) is 24.0 Å². The van der Waals surface area contributed by atoms with Crippen LogP contribution in [0.25, 0.3) is 21.7 Å². The fourth-order valence-electron chi connectivity index (χ4n) is 4.22. The number of aryl methyl sites for hydroxylation is 1. The molecule has 42 heavy (non-hydrogen) atoms. The summed E-state index contributed by atoms with van der Waals surface area (Å²) in [6, 6.07) is 7.94. The number of thiophene rings is 1. The number of nitrogens with one attached hydrogen (secondary N) is 2. The minimum Gasteiger partial charge on any atom is -0.593 e. The second-order valence-electron chi connectivity index (χ2n) is 9.83. The first-order valence-electron chi connectivity index (χ1n) is 13.3. The van der Waals surface area contributed by atoms with Crippen molar-refractivity contribution in [3.63, 3.8) is 0 Å². The average Bonchev–Trinajstić information content (AvgIpc) is 3.66. The number of hydrogen-bond donors (Lipinski definition) is 2. The molecule has 0 spiro atoms. The molecule has 0 aliphatic heterocycles. The topological polar surface area (TPSA) is 94.2 Å². The van der Waals surface area contributed by atoms with E-state index in [1.807, 2.05) is 6.92 Å². The summed E-state index contributed by atoms with van der Waals surface area (Å²) >= 11 is -0.408. The molecule has 2 heterocycles. The number of halogens is 6. The van der Waals surface area contributed by atoms with Gasteiger partial charge >= 0.3 is 12.4 Å². The highest BCUT2D eigenvalue weighted by molar-refractivity contribution is 7.91.